The van der Waals surface area contributed by atoms with Gasteiger partial charge in [-0.2, -0.15) is 0 Å². The third kappa shape index (κ3) is 5.65. The average Bonchev–Trinajstić information content (AvgIpc) is 2.83. The molecule has 3 rings (SSSR count). The van der Waals surface area contributed by atoms with Crippen molar-refractivity contribution in [1.82, 2.24) is 9.80 Å². The van der Waals surface area contributed by atoms with E-state index in [0.717, 1.165) is 16.7 Å². The number of carbonyl (C=O) groups is 3. The molecule has 186 valence electrons. The maximum atomic E-state index is 14.1. The number of nitrogens with two attached hydrogens (primary N) is 1. The minimum absolute atomic E-state index is 0.266. The molecule has 8 nitrogen and oxygen atoms in total. The number of ether oxygens (including phenoxy) is 1. The van der Waals surface area contributed by atoms with Gasteiger partial charge in [0.25, 0.3) is 5.91 Å². The SMILES string of the molecule is CCCN(C(=O)CC(=O)O)C1=C(C)C[C@@H](c2ccc(N)cc2)N([C@@H](C)c2ccc(OC)cc2)C1=O. The lowest BCUT2D eigenvalue weighted by molar-refractivity contribution is -0.146. The molecule has 1 heterocycles. The number of carboxylic acid groups (broad SMARTS) is 1. The van der Waals surface area contributed by atoms with E-state index in [1.165, 1.54) is 4.90 Å². The Morgan fingerprint density at radius 1 is 1.17 bits per heavy atom. The molecule has 0 unspecified atom stereocenters. The highest BCUT2D eigenvalue weighted by Gasteiger charge is 2.40. The van der Waals surface area contributed by atoms with Crippen LogP contribution in [0.4, 0.5) is 5.69 Å². The first-order chi connectivity index (χ1) is 16.7. The molecule has 0 aliphatic carbocycles. The van der Waals surface area contributed by atoms with Gasteiger partial charge in [-0.15, -0.1) is 0 Å². The lowest BCUT2D eigenvalue weighted by Crippen LogP contribution is -2.47. The van der Waals surface area contributed by atoms with Crippen LogP contribution in [0.1, 0.15) is 63.2 Å². The van der Waals surface area contributed by atoms with Crippen molar-refractivity contribution in [2.24, 2.45) is 0 Å². The monoisotopic (exact) mass is 479 g/mol. The highest BCUT2D eigenvalue weighted by Crippen LogP contribution is 2.41. The predicted molar refractivity (Wildman–Crippen MR) is 133 cm³/mol. The molecule has 0 aromatic heterocycles. The molecule has 0 saturated heterocycles. The molecule has 2 aromatic rings. The fourth-order valence-electron chi connectivity index (χ4n) is 4.57. The summed E-state index contributed by atoms with van der Waals surface area (Å²) >= 11 is 0. The van der Waals surface area contributed by atoms with Crippen LogP contribution in [-0.2, 0) is 14.4 Å². The largest absolute Gasteiger partial charge is 0.497 e. The van der Waals surface area contributed by atoms with Crippen LogP contribution in [0.3, 0.4) is 0 Å². The van der Waals surface area contributed by atoms with Gasteiger partial charge in [-0.3, -0.25) is 14.4 Å². The molecule has 2 aromatic carbocycles. The molecule has 1 aliphatic heterocycles. The number of rotatable bonds is 9. The van der Waals surface area contributed by atoms with Crippen LogP contribution in [0.15, 0.2) is 59.8 Å². The first-order valence-corrected chi connectivity index (χ1v) is 11.7. The zero-order valence-corrected chi connectivity index (χ0v) is 20.7. The highest BCUT2D eigenvalue weighted by atomic mass is 16.5. The summed E-state index contributed by atoms with van der Waals surface area (Å²) in [5, 5.41) is 9.20. The van der Waals surface area contributed by atoms with E-state index in [-0.39, 0.29) is 30.2 Å². The fraction of sp³-hybridized carbons (Fsp3) is 0.370. The Balaban J connectivity index is 2.10. The predicted octanol–water partition coefficient (Wildman–Crippen LogP) is 4.30. The second-order valence-corrected chi connectivity index (χ2v) is 8.79. The Kier molecular flexibility index (Phi) is 8.17. The Hall–Kier alpha value is -3.81. The minimum Gasteiger partial charge on any atom is -0.497 e. The van der Waals surface area contributed by atoms with Crippen LogP contribution in [0.25, 0.3) is 0 Å². The van der Waals surface area contributed by atoms with Crippen LogP contribution in [0.5, 0.6) is 5.75 Å². The second-order valence-electron chi connectivity index (χ2n) is 8.79. The lowest BCUT2D eigenvalue weighted by atomic mass is 9.89. The summed E-state index contributed by atoms with van der Waals surface area (Å²) in [6.07, 6.45) is 0.427. The number of benzene rings is 2. The van der Waals surface area contributed by atoms with Crippen molar-refractivity contribution in [2.45, 2.75) is 52.1 Å². The Morgan fingerprint density at radius 2 is 1.80 bits per heavy atom. The molecular formula is C27H33N3O5. The summed E-state index contributed by atoms with van der Waals surface area (Å²) in [6, 6.07) is 14.4. The zero-order chi connectivity index (χ0) is 25.7. The van der Waals surface area contributed by atoms with Crippen LogP contribution in [0, 0.1) is 0 Å². The number of nitrogens with zero attached hydrogens (tertiary/aromatic N) is 2. The van der Waals surface area contributed by atoms with E-state index in [1.807, 2.05) is 69.3 Å². The number of carbonyl (C=O) groups excluding carboxylic acids is 2. The van der Waals surface area contributed by atoms with Crippen LogP contribution in [0.2, 0.25) is 0 Å². The van der Waals surface area contributed by atoms with Crippen molar-refractivity contribution >= 4 is 23.5 Å². The molecule has 3 N–H and O–H groups in total. The van der Waals surface area contributed by atoms with Crippen LogP contribution < -0.4 is 10.5 Å². The average molecular weight is 480 g/mol. The van der Waals surface area contributed by atoms with Gasteiger partial charge in [-0.1, -0.05) is 31.2 Å². The van der Waals surface area contributed by atoms with Gasteiger partial charge in [0, 0.05) is 12.2 Å². The summed E-state index contributed by atoms with van der Waals surface area (Å²) in [5.41, 5.74) is 9.40. The second kappa shape index (κ2) is 11.1. The Bertz CT molecular complexity index is 1110. The maximum Gasteiger partial charge on any atom is 0.312 e. The van der Waals surface area contributed by atoms with Gasteiger partial charge in [-0.25, -0.2) is 0 Å². The van der Waals surface area contributed by atoms with Crippen molar-refractivity contribution in [3.63, 3.8) is 0 Å². The van der Waals surface area contributed by atoms with Gasteiger partial charge >= 0.3 is 5.97 Å². The number of amides is 2. The first kappa shape index (κ1) is 25.8. The van der Waals surface area contributed by atoms with Gasteiger partial charge in [-0.05, 0) is 67.7 Å². The number of aliphatic carboxylic acids is 1. The van der Waals surface area contributed by atoms with E-state index in [2.05, 4.69) is 0 Å². The van der Waals surface area contributed by atoms with E-state index < -0.39 is 18.3 Å². The number of hydrogen-bond acceptors (Lipinski definition) is 5. The van der Waals surface area contributed by atoms with Gasteiger partial charge in [0.05, 0.1) is 19.2 Å². The lowest BCUT2D eigenvalue weighted by Gasteiger charge is -2.43. The van der Waals surface area contributed by atoms with Gasteiger partial charge < -0.3 is 25.4 Å². The van der Waals surface area contributed by atoms with E-state index in [4.69, 9.17) is 10.5 Å². The highest BCUT2D eigenvalue weighted by molar-refractivity contribution is 6.02. The third-order valence-corrected chi connectivity index (χ3v) is 6.33. The Morgan fingerprint density at radius 3 is 2.34 bits per heavy atom. The van der Waals surface area contributed by atoms with E-state index in [9.17, 15) is 19.5 Å². The van der Waals surface area contributed by atoms with Crippen molar-refractivity contribution in [3.8, 4) is 5.75 Å². The van der Waals surface area contributed by atoms with Crippen molar-refractivity contribution in [3.05, 3.63) is 70.9 Å². The summed E-state index contributed by atoms with van der Waals surface area (Å²) in [5.74, 6) is -1.40. The number of methoxy groups -OCH3 is 1. The molecule has 0 fully saturated rings. The van der Waals surface area contributed by atoms with Gasteiger partial charge in [0.1, 0.15) is 17.9 Å². The van der Waals surface area contributed by atoms with Crippen LogP contribution >= 0.6 is 0 Å². The first-order valence-electron chi connectivity index (χ1n) is 11.7. The molecule has 0 radical (unpaired) electrons. The molecule has 8 heteroatoms. The molecular weight excluding hydrogens is 446 g/mol. The quantitative estimate of drug-likeness (QED) is 0.410. The summed E-state index contributed by atoms with van der Waals surface area (Å²) in [7, 11) is 1.60. The van der Waals surface area contributed by atoms with E-state index >= 15 is 0 Å². The summed E-state index contributed by atoms with van der Waals surface area (Å²) in [6.45, 7) is 5.94. The number of anilines is 1. The standard InChI is InChI=1S/C27H33N3O5/c1-5-14-29(24(31)16-25(32)33)26-17(2)15-23(20-6-10-21(28)11-7-20)30(27(26)34)18(3)19-8-12-22(35-4)13-9-19/h6-13,18,23H,5,14-16,28H2,1-4H3,(H,32,33)/t18-,23-/m0/s1. The molecule has 0 bridgehead atoms. The van der Waals surface area contributed by atoms with Crippen molar-refractivity contribution in [2.75, 3.05) is 19.4 Å². The maximum absolute atomic E-state index is 14.1. The number of hydrogen-bond donors (Lipinski definition) is 2. The fourth-order valence-corrected chi connectivity index (χ4v) is 4.57. The normalized spacial score (nSPS) is 16.7. The Labute approximate surface area is 206 Å². The molecule has 1 aliphatic rings. The molecule has 0 spiro atoms. The van der Waals surface area contributed by atoms with Gasteiger partial charge in [0.2, 0.25) is 5.91 Å². The van der Waals surface area contributed by atoms with E-state index in [0.29, 0.717) is 24.3 Å². The smallest absolute Gasteiger partial charge is 0.312 e. The molecule has 2 atom stereocenters. The minimum atomic E-state index is -1.22. The third-order valence-electron chi connectivity index (χ3n) is 6.33. The topological polar surface area (TPSA) is 113 Å². The number of nitrogen functional groups attached to an aromatic ring is 1. The summed E-state index contributed by atoms with van der Waals surface area (Å²) in [4.78, 5) is 41.4. The number of carboxylic acids is 1. The van der Waals surface area contributed by atoms with Gasteiger partial charge in [0.15, 0.2) is 0 Å². The zero-order valence-electron chi connectivity index (χ0n) is 20.7. The molecule has 35 heavy (non-hydrogen) atoms. The van der Waals surface area contributed by atoms with E-state index in [1.54, 1.807) is 12.0 Å². The van der Waals surface area contributed by atoms with Crippen molar-refractivity contribution < 1.29 is 24.2 Å². The molecule has 2 amide bonds. The van der Waals surface area contributed by atoms with Crippen LogP contribution in [-0.4, -0.2) is 46.3 Å². The van der Waals surface area contributed by atoms with Crippen molar-refractivity contribution in [1.29, 1.82) is 0 Å². The summed E-state index contributed by atoms with van der Waals surface area (Å²) < 4.78 is 5.27. The molecule has 0 saturated carbocycles.